The second-order valence-electron chi connectivity index (χ2n) is 11.7. The van der Waals surface area contributed by atoms with Gasteiger partial charge in [-0.25, -0.2) is 14.6 Å². The van der Waals surface area contributed by atoms with Crippen LogP contribution in [0.2, 0.25) is 0 Å². The quantitative estimate of drug-likeness (QED) is 0.0346. The Morgan fingerprint density at radius 1 is 0.673 bits per heavy atom. The zero-order valence-electron chi connectivity index (χ0n) is 27.6. The van der Waals surface area contributed by atoms with Gasteiger partial charge in [-0.05, 0) is 30.0 Å². The molecule has 0 aliphatic carbocycles. The third-order valence-corrected chi connectivity index (χ3v) is 8.16. The van der Waals surface area contributed by atoms with E-state index >= 15 is 0 Å². The lowest BCUT2D eigenvalue weighted by molar-refractivity contribution is -0.292. The van der Waals surface area contributed by atoms with Gasteiger partial charge in [-0.3, -0.25) is 0 Å². The molecule has 0 saturated heterocycles. The zero-order valence-corrected chi connectivity index (χ0v) is 27.6. The predicted molar refractivity (Wildman–Crippen MR) is 191 cm³/mol. The summed E-state index contributed by atoms with van der Waals surface area (Å²) in [6.45, 7) is 7.66. The zero-order chi connectivity index (χ0) is 33.9. The number of esters is 1. The number of hydrogen-bond acceptors (Lipinski definition) is 7. The highest BCUT2D eigenvalue weighted by atomic mass is 17.2. The van der Waals surface area contributed by atoms with Gasteiger partial charge in [0.2, 0.25) is 0 Å². The maximum absolute atomic E-state index is 14.1. The summed E-state index contributed by atoms with van der Waals surface area (Å²) < 4.78 is 24.2. The fraction of sp³-hybridized carbons (Fsp3) is 0.214. The standard InChI is InChI=1S/C42H40O7/c1-31(2)30-48-47-29-27-45-25-24-44-26-28-46-41(43)39-37-22-23-42(33-16-8-4-9-17-33,34-18-10-5-11-19-34)49-40(37)36-21-13-12-20-35(36)38(39)32-14-6-3-7-15-32/h3-23H,1,24-30H2,2H3. The Morgan fingerprint density at radius 3 is 1.86 bits per heavy atom. The molecule has 0 atom stereocenters. The van der Waals surface area contributed by atoms with Crippen LogP contribution in [0.5, 0.6) is 5.75 Å². The van der Waals surface area contributed by atoms with E-state index in [1.165, 1.54) is 0 Å². The molecule has 1 aliphatic rings. The third kappa shape index (κ3) is 7.82. The van der Waals surface area contributed by atoms with Gasteiger partial charge in [-0.2, -0.15) is 0 Å². The monoisotopic (exact) mass is 656 g/mol. The molecule has 49 heavy (non-hydrogen) atoms. The van der Waals surface area contributed by atoms with Gasteiger partial charge >= 0.3 is 5.97 Å². The molecule has 0 saturated carbocycles. The minimum atomic E-state index is -0.909. The second-order valence-corrected chi connectivity index (χ2v) is 11.7. The predicted octanol–water partition coefficient (Wildman–Crippen LogP) is 8.57. The number of carbonyl (C=O) groups excluding carboxylic acids is 1. The number of ether oxygens (including phenoxy) is 4. The molecule has 0 amide bonds. The van der Waals surface area contributed by atoms with E-state index in [9.17, 15) is 4.79 Å². The van der Waals surface area contributed by atoms with Crippen molar-refractivity contribution in [2.45, 2.75) is 12.5 Å². The topological polar surface area (TPSA) is 72.5 Å². The SMILES string of the molecule is C=C(C)COOCCOCCOCCOC(=O)c1c2c(c3ccccc3c1-c1ccccc1)OC(c1ccccc1)(c1ccccc1)C=C2. The van der Waals surface area contributed by atoms with Gasteiger partial charge in [-0.1, -0.05) is 127 Å². The summed E-state index contributed by atoms with van der Waals surface area (Å²) in [7, 11) is 0. The minimum absolute atomic E-state index is 0.0784. The molecule has 5 aromatic carbocycles. The third-order valence-electron chi connectivity index (χ3n) is 8.16. The largest absolute Gasteiger partial charge is 0.472 e. The summed E-state index contributed by atoms with van der Waals surface area (Å²) in [5.74, 6) is 0.174. The van der Waals surface area contributed by atoms with E-state index in [0.29, 0.717) is 49.9 Å². The molecular weight excluding hydrogens is 616 g/mol. The second kappa shape index (κ2) is 16.4. The Hall–Kier alpha value is -5.05. The number of benzene rings is 5. The Bertz CT molecular complexity index is 1850. The smallest absolute Gasteiger partial charge is 0.339 e. The average molecular weight is 657 g/mol. The molecule has 7 nitrogen and oxygen atoms in total. The van der Waals surface area contributed by atoms with E-state index < -0.39 is 11.6 Å². The first kappa shape index (κ1) is 33.8. The Balaban J connectivity index is 1.26. The molecular formula is C42H40O7. The molecule has 0 fully saturated rings. The van der Waals surface area contributed by atoms with Crippen LogP contribution < -0.4 is 4.74 Å². The highest BCUT2D eigenvalue weighted by Gasteiger charge is 2.39. The molecule has 6 rings (SSSR count). The molecule has 1 heterocycles. The molecule has 0 aromatic heterocycles. The van der Waals surface area contributed by atoms with Crippen LogP contribution in [0.25, 0.3) is 28.0 Å². The van der Waals surface area contributed by atoms with Crippen LogP contribution in [0, 0.1) is 0 Å². The van der Waals surface area contributed by atoms with Crippen molar-refractivity contribution in [3.8, 4) is 16.9 Å². The molecule has 1 aliphatic heterocycles. The number of carbonyl (C=O) groups is 1. The molecule has 5 aromatic rings. The molecule has 0 N–H and O–H groups in total. The number of rotatable bonds is 16. The van der Waals surface area contributed by atoms with Crippen molar-refractivity contribution in [2.24, 2.45) is 0 Å². The van der Waals surface area contributed by atoms with Gasteiger partial charge in [0, 0.05) is 27.6 Å². The van der Waals surface area contributed by atoms with Crippen LogP contribution in [-0.2, 0) is 29.6 Å². The van der Waals surface area contributed by atoms with Gasteiger partial charge in [-0.15, -0.1) is 0 Å². The average Bonchev–Trinajstić information content (AvgIpc) is 3.15. The van der Waals surface area contributed by atoms with E-state index in [1.807, 2.05) is 110 Å². The molecule has 0 radical (unpaired) electrons. The number of fused-ring (bicyclic) bond motifs is 3. The van der Waals surface area contributed by atoms with Crippen LogP contribution >= 0.6 is 0 Å². The first-order chi connectivity index (χ1) is 24.1. The van der Waals surface area contributed by atoms with Gasteiger partial charge in [0.05, 0.1) is 32.0 Å². The molecule has 0 spiro atoms. The van der Waals surface area contributed by atoms with Gasteiger partial charge in [0.25, 0.3) is 0 Å². The molecule has 7 heteroatoms. The van der Waals surface area contributed by atoms with Gasteiger partial charge < -0.3 is 18.9 Å². The summed E-state index contributed by atoms with van der Waals surface area (Å²) in [6, 6.07) is 38.3. The van der Waals surface area contributed by atoms with Crippen molar-refractivity contribution in [3.63, 3.8) is 0 Å². The molecule has 250 valence electrons. The Kier molecular flexibility index (Phi) is 11.3. The fourth-order valence-electron chi connectivity index (χ4n) is 5.94. The summed E-state index contributed by atoms with van der Waals surface area (Å²) in [6.07, 6.45) is 4.05. The summed E-state index contributed by atoms with van der Waals surface area (Å²) in [4.78, 5) is 24.1. The van der Waals surface area contributed by atoms with E-state index in [1.54, 1.807) is 0 Å². The molecule has 0 bridgehead atoms. The van der Waals surface area contributed by atoms with Crippen LogP contribution in [0.3, 0.4) is 0 Å². The van der Waals surface area contributed by atoms with E-state index in [0.717, 1.165) is 38.6 Å². The van der Waals surface area contributed by atoms with E-state index in [4.69, 9.17) is 28.7 Å². The summed E-state index contributed by atoms with van der Waals surface area (Å²) in [5.41, 5.74) is 4.76. The lowest BCUT2D eigenvalue weighted by atomic mass is 9.81. The van der Waals surface area contributed by atoms with Crippen LogP contribution in [0.4, 0.5) is 0 Å². The normalized spacial score (nSPS) is 13.1. The fourth-order valence-corrected chi connectivity index (χ4v) is 5.94. The lowest BCUT2D eigenvalue weighted by Gasteiger charge is -2.37. The van der Waals surface area contributed by atoms with Crippen LogP contribution in [0.1, 0.15) is 34.0 Å². The van der Waals surface area contributed by atoms with Crippen LogP contribution in [-0.4, -0.2) is 52.2 Å². The first-order valence-electron chi connectivity index (χ1n) is 16.4. The van der Waals surface area contributed by atoms with Crippen molar-refractivity contribution >= 4 is 22.8 Å². The van der Waals surface area contributed by atoms with Crippen molar-refractivity contribution in [1.82, 2.24) is 0 Å². The number of hydrogen-bond donors (Lipinski definition) is 0. The Morgan fingerprint density at radius 2 is 1.22 bits per heavy atom. The van der Waals surface area contributed by atoms with E-state index in [-0.39, 0.29) is 13.2 Å². The van der Waals surface area contributed by atoms with E-state index in [2.05, 4.69) is 30.8 Å². The highest BCUT2D eigenvalue weighted by molar-refractivity contribution is 6.14. The molecule has 0 unspecified atom stereocenters. The summed E-state index contributed by atoms with van der Waals surface area (Å²) >= 11 is 0. The highest BCUT2D eigenvalue weighted by Crippen LogP contribution is 2.49. The van der Waals surface area contributed by atoms with Gasteiger partial charge in [0.1, 0.15) is 25.6 Å². The lowest BCUT2D eigenvalue weighted by Crippen LogP contribution is -2.34. The van der Waals surface area contributed by atoms with Crippen molar-refractivity contribution in [1.29, 1.82) is 0 Å². The minimum Gasteiger partial charge on any atom is -0.472 e. The van der Waals surface area contributed by atoms with Crippen molar-refractivity contribution in [3.05, 3.63) is 156 Å². The maximum Gasteiger partial charge on any atom is 0.339 e. The first-order valence-corrected chi connectivity index (χ1v) is 16.4. The van der Waals surface area contributed by atoms with Gasteiger partial charge in [0.15, 0.2) is 5.60 Å². The summed E-state index contributed by atoms with van der Waals surface area (Å²) in [5, 5.41) is 1.80. The Labute approximate surface area is 287 Å². The van der Waals surface area contributed by atoms with Crippen molar-refractivity contribution < 1.29 is 33.5 Å². The van der Waals surface area contributed by atoms with Crippen molar-refractivity contribution in [2.75, 3.05) is 46.2 Å². The maximum atomic E-state index is 14.1. The van der Waals surface area contributed by atoms with Crippen LogP contribution in [0.15, 0.2) is 133 Å².